The van der Waals surface area contributed by atoms with Crippen LogP contribution in [0.2, 0.25) is 0 Å². The molecule has 7 nitrogen and oxygen atoms in total. The summed E-state index contributed by atoms with van der Waals surface area (Å²) in [6.07, 6.45) is 2.38. The van der Waals surface area contributed by atoms with Gasteiger partial charge >= 0.3 is 0 Å². The standard InChI is InChI=1S/C17H19N5O2S/c1-3-9-18-15(23)11(2)25-17-20-14-13(16(24)21-17)10-19-22(14)12-7-5-4-6-8-12/h4-8,10-11H,3,9H2,1-2H3,(H,18,23)(H,20,21,24)/t11-/m1/s1. The Labute approximate surface area is 148 Å². The van der Waals surface area contributed by atoms with Crippen molar-refractivity contribution in [2.75, 3.05) is 6.54 Å². The number of aromatic amines is 1. The molecule has 0 bridgehead atoms. The van der Waals surface area contributed by atoms with Crippen molar-refractivity contribution < 1.29 is 4.79 Å². The third kappa shape index (κ3) is 3.74. The Kier molecular flexibility index (Phi) is 5.18. The van der Waals surface area contributed by atoms with E-state index in [1.54, 1.807) is 11.6 Å². The van der Waals surface area contributed by atoms with Gasteiger partial charge < -0.3 is 10.3 Å². The van der Waals surface area contributed by atoms with Gasteiger partial charge in [0.1, 0.15) is 5.39 Å². The molecule has 0 radical (unpaired) electrons. The van der Waals surface area contributed by atoms with Gasteiger partial charge in [0.15, 0.2) is 10.8 Å². The first kappa shape index (κ1) is 17.2. The van der Waals surface area contributed by atoms with Crippen LogP contribution in [0, 0.1) is 0 Å². The van der Waals surface area contributed by atoms with Crippen LogP contribution in [0.5, 0.6) is 0 Å². The van der Waals surface area contributed by atoms with Crippen LogP contribution in [-0.2, 0) is 4.79 Å². The van der Waals surface area contributed by atoms with Crippen LogP contribution in [0.4, 0.5) is 0 Å². The van der Waals surface area contributed by atoms with E-state index >= 15 is 0 Å². The Morgan fingerprint density at radius 3 is 2.84 bits per heavy atom. The van der Waals surface area contributed by atoms with Gasteiger partial charge in [0, 0.05) is 6.54 Å². The molecule has 0 aliphatic rings. The number of benzene rings is 1. The Morgan fingerprint density at radius 1 is 1.36 bits per heavy atom. The lowest BCUT2D eigenvalue weighted by Gasteiger charge is -2.11. The third-order valence-corrected chi connectivity index (χ3v) is 4.61. The van der Waals surface area contributed by atoms with E-state index in [2.05, 4.69) is 20.4 Å². The molecule has 0 aliphatic carbocycles. The molecule has 2 heterocycles. The van der Waals surface area contributed by atoms with Gasteiger partial charge in [-0.15, -0.1) is 0 Å². The van der Waals surface area contributed by atoms with E-state index in [-0.39, 0.29) is 16.7 Å². The van der Waals surface area contributed by atoms with E-state index < -0.39 is 0 Å². The highest BCUT2D eigenvalue weighted by Gasteiger charge is 2.17. The molecule has 0 saturated heterocycles. The molecule has 25 heavy (non-hydrogen) atoms. The van der Waals surface area contributed by atoms with Crippen molar-refractivity contribution in [1.29, 1.82) is 0 Å². The highest BCUT2D eigenvalue weighted by Crippen LogP contribution is 2.21. The maximum absolute atomic E-state index is 12.3. The van der Waals surface area contributed by atoms with Crippen molar-refractivity contribution >= 4 is 28.7 Å². The van der Waals surface area contributed by atoms with Crippen LogP contribution in [0.25, 0.3) is 16.7 Å². The number of carbonyl (C=O) groups excluding carboxylic acids is 1. The number of H-pyrrole nitrogens is 1. The summed E-state index contributed by atoms with van der Waals surface area (Å²) in [5.74, 6) is -0.0776. The van der Waals surface area contributed by atoms with Crippen LogP contribution < -0.4 is 10.9 Å². The van der Waals surface area contributed by atoms with Crippen molar-refractivity contribution in [3.63, 3.8) is 0 Å². The summed E-state index contributed by atoms with van der Waals surface area (Å²) < 4.78 is 1.62. The Balaban J connectivity index is 1.93. The molecule has 130 valence electrons. The lowest BCUT2D eigenvalue weighted by Crippen LogP contribution is -2.31. The van der Waals surface area contributed by atoms with Gasteiger partial charge in [0.2, 0.25) is 5.91 Å². The summed E-state index contributed by atoms with van der Waals surface area (Å²) in [7, 11) is 0. The van der Waals surface area contributed by atoms with Gasteiger partial charge in [0.05, 0.1) is 17.1 Å². The van der Waals surface area contributed by atoms with Gasteiger partial charge in [-0.05, 0) is 25.5 Å². The van der Waals surface area contributed by atoms with E-state index in [0.717, 1.165) is 12.1 Å². The van der Waals surface area contributed by atoms with Gasteiger partial charge in [0.25, 0.3) is 5.56 Å². The number of fused-ring (bicyclic) bond motifs is 1. The van der Waals surface area contributed by atoms with Crippen LogP contribution in [0.3, 0.4) is 0 Å². The minimum atomic E-state index is -0.361. The number of nitrogens with zero attached hydrogens (tertiary/aromatic N) is 3. The zero-order valence-corrected chi connectivity index (χ0v) is 14.8. The summed E-state index contributed by atoms with van der Waals surface area (Å²) in [6.45, 7) is 4.41. The number of nitrogens with one attached hydrogen (secondary N) is 2. The molecule has 0 aliphatic heterocycles. The maximum Gasteiger partial charge on any atom is 0.262 e. The first-order valence-corrected chi connectivity index (χ1v) is 8.96. The van der Waals surface area contributed by atoms with Crippen molar-refractivity contribution in [3.05, 3.63) is 46.9 Å². The summed E-state index contributed by atoms with van der Waals surface area (Å²) in [6, 6.07) is 9.48. The highest BCUT2D eigenvalue weighted by atomic mass is 32.2. The summed E-state index contributed by atoms with van der Waals surface area (Å²) in [4.78, 5) is 31.6. The summed E-state index contributed by atoms with van der Waals surface area (Å²) in [5, 5.41) is 7.56. The van der Waals surface area contributed by atoms with E-state index in [1.807, 2.05) is 37.3 Å². The number of aromatic nitrogens is 4. The fraction of sp³-hybridized carbons (Fsp3) is 0.294. The number of hydrogen-bond acceptors (Lipinski definition) is 5. The summed E-state index contributed by atoms with van der Waals surface area (Å²) >= 11 is 1.22. The smallest absolute Gasteiger partial charge is 0.262 e. The molecule has 1 amide bonds. The molecular weight excluding hydrogens is 338 g/mol. The Morgan fingerprint density at radius 2 is 2.12 bits per heavy atom. The van der Waals surface area contributed by atoms with Crippen LogP contribution in [0.1, 0.15) is 20.3 Å². The molecular formula is C17H19N5O2S. The molecule has 0 fully saturated rings. The molecule has 1 aromatic carbocycles. The van der Waals surface area contributed by atoms with E-state index in [9.17, 15) is 9.59 Å². The zero-order valence-electron chi connectivity index (χ0n) is 14.0. The maximum atomic E-state index is 12.3. The normalized spacial score (nSPS) is 12.2. The Hall–Kier alpha value is -2.61. The molecule has 0 spiro atoms. The third-order valence-electron chi connectivity index (χ3n) is 3.62. The number of carbonyl (C=O) groups is 1. The molecule has 8 heteroatoms. The predicted molar refractivity (Wildman–Crippen MR) is 98.1 cm³/mol. The van der Waals surface area contributed by atoms with Crippen LogP contribution in [0.15, 0.2) is 46.5 Å². The number of rotatable bonds is 6. The minimum Gasteiger partial charge on any atom is -0.355 e. The molecule has 2 N–H and O–H groups in total. The molecule has 1 atom stereocenters. The molecule has 3 aromatic rings. The van der Waals surface area contributed by atoms with Gasteiger partial charge in [-0.1, -0.05) is 36.9 Å². The van der Waals surface area contributed by atoms with E-state index in [1.165, 1.54) is 18.0 Å². The highest BCUT2D eigenvalue weighted by molar-refractivity contribution is 8.00. The number of para-hydroxylation sites is 1. The average Bonchev–Trinajstić information content (AvgIpc) is 3.04. The SMILES string of the molecule is CCCNC(=O)[C@@H](C)Sc1nc2c(cnn2-c2ccccc2)c(=O)[nH]1. The van der Waals surface area contributed by atoms with Crippen molar-refractivity contribution in [1.82, 2.24) is 25.1 Å². The first-order chi connectivity index (χ1) is 12.1. The molecule has 3 rings (SSSR count). The van der Waals surface area contributed by atoms with Gasteiger partial charge in [-0.25, -0.2) is 9.67 Å². The van der Waals surface area contributed by atoms with Crippen molar-refractivity contribution in [2.45, 2.75) is 30.7 Å². The second kappa shape index (κ2) is 7.52. The second-order valence-corrected chi connectivity index (χ2v) is 6.88. The van der Waals surface area contributed by atoms with Gasteiger partial charge in [-0.3, -0.25) is 9.59 Å². The van der Waals surface area contributed by atoms with Crippen molar-refractivity contribution in [2.24, 2.45) is 0 Å². The lowest BCUT2D eigenvalue weighted by atomic mass is 10.3. The number of amides is 1. The zero-order chi connectivity index (χ0) is 17.8. The summed E-state index contributed by atoms with van der Waals surface area (Å²) in [5.41, 5.74) is 1.02. The topological polar surface area (TPSA) is 92.7 Å². The van der Waals surface area contributed by atoms with E-state index in [0.29, 0.717) is 22.7 Å². The molecule has 2 aromatic heterocycles. The fourth-order valence-electron chi connectivity index (χ4n) is 2.33. The largest absolute Gasteiger partial charge is 0.355 e. The predicted octanol–water partition coefficient (Wildman–Crippen LogP) is 2.12. The average molecular weight is 357 g/mol. The van der Waals surface area contributed by atoms with Crippen LogP contribution in [-0.4, -0.2) is 37.5 Å². The van der Waals surface area contributed by atoms with E-state index in [4.69, 9.17) is 0 Å². The first-order valence-electron chi connectivity index (χ1n) is 8.08. The monoisotopic (exact) mass is 357 g/mol. The molecule has 0 unspecified atom stereocenters. The van der Waals surface area contributed by atoms with Gasteiger partial charge in [-0.2, -0.15) is 5.10 Å². The number of thioether (sulfide) groups is 1. The number of hydrogen-bond donors (Lipinski definition) is 2. The van der Waals surface area contributed by atoms with Crippen molar-refractivity contribution in [3.8, 4) is 5.69 Å². The second-order valence-electron chi connectivity index (χ2n) is 5.55. The quantitative estimate of drug-likeness (QED) is 0.521. The lowest BCUT2D eigenvalue weighted by molar-refractivity contribution is -0.120. The molecule has 0 saturated carbocycles. The fourth-order valence-corrected chi connectivity index (χ4v) is 3.14. The minimum absolute atomic E-state index is 0.0776. The van der Waals surface area contributed by atoms with Crippen LogP contribution >= 0.6 is 11.8 Å². The Bertz CT molecular complexity index is 935.